The van der Waals surface area contributed by atoms with E-state index >= 15 is 0 Å². The van der Waals surface area contributed by atoms with E-state index in [0.29, 0.717) is 17.5 Å². The zero-order valence-corrected chi connectivity index (χ0v) is 17.5. The molecule has 0 atom stereocenters. The topological polar surface area (TPSA) is 76.1 Å². The smallest absolute Gasteiger partial charge is 0.495 e. The average Bonchev–Trinajstić information content (AvgIpc) is 2.90. The Morgan fingerprint density at radius 2 is 1.96 bits per heavy atom. The second-order valence-corrected chi connectivity index (χ2v) is 6.88. The summed E-state index contributed by atoms with van der Waals surface area (Å²) < 4.78 is 34.5. The van der Waals surface area contributed by atoms with Crippen LogP contribution in [0.4, 0.5) is 14.6 Å². The number of halogens is 2. The molecular weight excluding hydrogens is 367 g/mol. The van der Waals surface area contributed by atoms with Gasteiger partial charge in [0.05, 0.1) is 19.0 Å². The molecule has 0 spiro atoms. The summed E-state index contributed by atoms with van der Waals surface area (Å²) >= 11 is 0. The van der Waals surface area contributed by atoms with Gasteiger partial charge in [-0.05, 0) is 31.0 Å². The number of hydrogen-bond donors (Lipinski definition) is 0. The molecule has 0 unspecified atom stereocenters. The molecule has 128 valence electrons. The first-order valence-corrected chi connectivity index (χ1v) is 8.02. The molecule has 3 fully saturated rings. The van der Waals surface area contributed by atoms with Gasteiger partial charge in [-0.25, -0.2) is 18.3 Å². The average molecular weight is 381 g/mol. The molecule has 0 amide bonds. The summed E-state index contributed by atoms with van der Waals surface area (Å²) in [7, 11) is 1.60. The molecule has 0 aliphatic heterocycles. The molecule has 26 heavy (non-hydrogen) atoms. The van der Waals surface area contributed by atoms with Crippen molar-refractivity contribution in [2.75, 3.05) is 7.11 Å². The van der Waals surface area contributed by atoms with Crippen LogP contribution in [0, 0.1) is 17.6 Å². The van der Waals surface area contributed by atoms with Crippen LogP contribution in [0.3, 0.4) is 0 Å². The van der Waals surface area contributed by atoms with E-state index in [1.54, 1.807) is 13.2 Å². The van der Waals surface area contributed by atoms with Gasteiger partial charge in [0.15, 0.2) is 5.65 Å². The molecule has 0 radical (unpaired) electrons. The van der Waals surface area contributed by atoms with E-state index in [1.807, 2.05) is 0 Å². The van der Waals surface area contributed by atoms with E-state index in [9.17, 15) is 8.78 Å². The van der Waals surface area contributed by atoms with E-state index in [4.69, 9.17) is 10.5 Å². The van der Waals surface area contributed by atoms with Crippen LogP contribution in [-0.4, -0.2) is 26.7 Å². The van der Waals surface area contributed by atoms with Crippen LogP contribution in [0.15, 0.2) is 18.3 Å². The number of aromatic nitrogens is 4. The van der Waals surface area contributed by atoms with E-state index in [2.05, 4.69) is 15.1 Å². The van der Waals surface area contributed by atoms with Gasteiger partial charge in [0.25, 0.3) is 0 Å². The fourth-order valence-electron chi connectivity index (χ4n) is 4.00. The van der Waals surface area contributed by atoms with Gasteiger partial charge < -0.3 is 15.5 Å². The van der Waals surface area contributed by atoms with Crippen molar-refractivity contribution in [3.63, 3.8) is 0 Å². The van der Waals surface area contributed by atoms with Crippen molar-refractivity contribution in [3.05, 3.63) is 41.4 Å². The van der Waals surface area contributed by atoms with Crippen LogP contribution >= 0.6 is 0 Å². The Morgan fingerprint density at radius 1 is 1.23 bits per heavy atom. The number of imidazole rings is 1. The number of methoxy groups -OCH3 is 1. The maximum Gasteiger partial charge on any atom is 1.00 e. The molecule has 9 heteroatoms. The van der Waals surface area contributed by atoms with Gasteiger partial charge in [-0.3, -0.25) is 0 Å². The Kier molecular flexibility index (Phi) is 4.35. The van der Waals surface area contributed by atoms with E-state index in [-0.39, 0.29) is 68.2 Å². The molecule has 3 aliphatic carbocycles. The van der Waals surface area contributed by atoms with Crippen molar-refractivity contribution < 1.29 is 64.9 Å². The molecule has 3 aromatic rings. The molecule has 3 heterocycles. The zero-order chi connectivity index (χ0) is 17.3. The Morgan fingerprint density at radius 3 is 2.58 bits per heavy atom. The van der Waals surface area contributed by atoms with Gasteiger partial charge in [-0.15, -0.1) is 0 Å². The summed E-state index contributed by atoms with van der Waals surface area (Å²) in [6, 6.07) is 2.44. The summed E-state index contributed by atoms with van der Waals surface area (Å²) in [6.45, 7) is 0. The fraction of sp³-hybridized carbons (Fsp3) is 0.353. The van der Waals surface area contributed by atoms with Crippen molar-refractivity contribution in [2.45, 2.75) is 24.7 Å². The van der Waals surface area contributed by atoms with Crippen LogP contribution in [-0.2, 0) is 5.41 Å². The maximum absolute atomic E-state index is 14.2. The quantitative estimate of drug-likeness (QED) is 0.630. The standard InChI is InChI=1S/C17H14F2N5O.K/c1-25-12-3-13-21-7-11(14-9(18)2-10(19)16(20)22-14)24(13)23-15(12)17-4-8(5-17)6-17;/h2-3,7-8H,4-6H2,1H3,(H-,20,22);/q-1;+1. The second-order valence-electron chi connectivity index (χ2n) is 6.88. The molecule has 1 N–H and O–H groups in total. The first kappa shape index (κ1) is 18.2. The Labute approximate surface area is 190 Å². The van der Waals surface area contributed by atoms with E-state index in [1.165, 1.54) is 10.7 Å². The summed E-state index contributed by atoms with van der Waals surface area (Å²) in [5.41, 5.74) is 9.02. The normalized spacial score (nSPS) is 23.1. The fourth-order valence-corrected chi connectivity index (χ4v) is 4.00. The molecule has 3 saturated carbocycles. The molecule has 0 saturated heterocycles. The van der Waals surface area contributed by atoms with Crippen LogP contribution in [0.1, 0.15) is 25.0 Å². The van der Waals surface area contributed by atoms with Crippen molar-refractivity contribution in [1.29, 1.82) is 0 Å². The summed E-state index contributed by atoms with van der Waals surface area (Å²) in [5.74, 6) is -1.01. The minimum Gasteiger partial charge on any atom is -0.495 e. The molecule has 6 rings (SSSR count). The number of rotatable bonds is 3. The second kappa shape index (κ2) is 6.20. The van der Waals surface area contributed by atoms with E-state index < -0.39 is 17.5 Å². The summed E-state index contributed by atoms with van der Waals surface area (Å²) in [6.07, 6.45) is 4.69. The number of ether oxygens (including phenoxy) is 1. The summed E-state index contributed by atoms with van der Waals surface area (Å²) in [4.78, 5) is 7.96. The zero-order valence-electron chi connectivity index (χ0n) is 14.4. The van der Waals surface area contributed by atoms with Crippen molar-refractivity contribution in [3.8, 4) is 17.1 Å². The number of pyridine rings is 1. The van der Waals surface area contributed by atoms with Crippen molar-refractivity contribution in [1.82, 2.24) is 19.6 Å². The third kappa shape index (κ3) is 2.45. The SMILES string of the molecule is COc1cc2ncc(-c3nc([NH-])c(F)cc3F)n2nc1C12CC(C1)C2.[K+]. The molecule has 3 aliphatic rings. The van der Waals surface area contributed by atoms with Crippen LogP contribution in [0.25, 0.3) is 22.8 Å². The minimum absolute atomic E-state index is 0. The van der Waals surface area contributed by atoms with Gasteiger partial charge in [0, 0.05) is 23.2 Å². The Balaban J connectivity index is 0.00000168. The van der Waals surface area contributed by atoms with Gasteiger partial charge in [-0.2, -0.15) is 5.10 Å². The Hall–Kier alpha value is -1.13. The minimum atomic E-state index is -1.00. The van der Waals surface area contributed by atoms with Gasteiger partial charge in [-0.1, -0.05) is 0 Å². The maximum atomic E-state index is 14.2. The molecular formula is C17H14F2KN5O. The predicted octanol–water partition coefficient (Wildman–Crippen LogP) is 0.817. The first-order chi connectivity index (χ1) is 12.0. The third-order valence-corrected chi connectivity index (χ3v) is 5.39. The largest absolute Gasteiger partial charge is 1.00 e. The number of nitrogens with zero attached hydrogens (tertiary/aromatic N) is 4. The molecule has 2 bridgehead atoms. The van der Waals surface area contributed by atoms with E-state index in [0.717, 1.165) is 30.9 Å². The van der Waals surface area contributed by atoms with Gasteiger partial charge >= 0.3 is 51.4 Å². The number of nitrogens with one attached hydrogen (secondary N) is 1. The van der Waals surface area contributed by atoms with Crippen molar-refractivity contribution >= 4 is 11.5 Å². The van der Waals surface area contributed by atoms with Crippen LogP contribution < -0.4 is 56.1 Å². The first-order valence-electron chi connectivity index (χ1n) is 8.02. The van der Waals surface area contributed by atoms with Crippen molar-refractivity contribution in [2.24, 2.45) is 5.92 Å². The monoisotopic (exact) mass is 381 g/mol. The molecule has 0 aromatic carbocycles. The van der Waals surface area contributed by atoms with Gasteiger partial charge in [0.1, 0.15) is 23.1 Å². The molecule has 6 nitrogen and oxygen atoms in total. The Bertz CT molecular complexity index is 1020. The number of hydrogen-bond acceptors (Lipinski definition) is 4. The third-order valence-electron chi connectivity index (χ3n) is 5.39. The number of fused-ring (bicyclic) bond motifs is 1. The van der Waals surface area contributed by atoms with Gasteiger partial charge in [0.2, 0.25) is 0 Å². The molecule has 3 aromatic heterocycles. The predicted molar refractivity (Wildman–Crippen MR) is 85.7 cm³/mol. The van der Waals surface area contributed by atoms with Crippen LogP contribution in [0.5, 0.6) is 5.75 Å². The van der Waals surface area contributed by atoms with Crippen LogP contribution in [0.2, 0.25) is 0 Å². The summed E-state index contributed by atoms with van der Waals surface area (Å²) in [5, 5.41) is 4.67.